The lowest BCUT2D eigenvalue weighted by molar-refractivity contribution is -0.118. The molecule has 0 aliphatic rings. The molecule has 0 atom stereocenters. The van der Waals surface area contributed by atoms with Crippen molar-refractivity contribution in [3.05, 3.63) is 68.5 Å². The first-order valence-electron chi connectivity index (χ1n) is 10.4. The highest BCUT2D eigenvalue weighted by Crippen LogP contribution is 2.34. The van der Waals surface area contributed by atoms with Crippen LogP contribution in [0.3, 0.4) is 0 Å². The maximum atomic E-state index is 12.9. The van der Waals surface area contributed by atoms with Gasteiger partial charge in [0.2, 0.25) is 0 Å². The first-order valence-corrected chi connectivity index (χ1v) is 11.9. The van der Waals surface area contributed by atoms with E-state index in [-0.39, 0.29) is 32.8 Å². The van der Waals surface area contributed by atoms with Gasteiger partial charge in [-0.05, 0) is 61.9 Å². The summed E-state index contributed by atoms with van der Waals surface area (Å²) in [5.74, 6) is -0.724. The zero-order valence-corrected chi connectivity index (χ0v) is 21.4. The van der Waals surface area contributed by atoms with E-state index in [2.05, 4.69) is 10.6 Å². The van der Waals surface area contributed by atoms with Crippen LogP contribution >= 0.6 is 34.5 Å². The van der Waals surface area contributed by atoms with Crippen molar-refractivity contribution in [2.75, 3.05) is 31.0 Å². The monoisotopic (exact) mass is 536 g/mol. The molecular weight excluding hydrogens is 515 g/mol. The van der Waals surface area contributed by atoms with Crippen LogP contribution in [-0.4, -0.2) is 38.1 Å². The number of carbonyl (C=O) groups is 3. The summed E-state index contributed by atoms with van der Waals surface area (Å²) < 4.78 is 15.7. The normalized spacial score (nSPS) is 10.4. The third-order valence-corrected chi connectivity index (χ3v) is 6.41. The van der Waals surface area contributed by atoms with E-state index in [1.54, 1.807) is 37.3 Å². The largest absolute Gasteiger partial charge is 0.494 e. The second kappa shape index (κ2) is 11.9. The van der Waals surface area contributed by atoms with Gasteiger partial charge in [-0.1, -0.05) is 23.2 Å². The number of benzene rings is 2. The Morgan fingerprint density at radius 1 is 1.00 bits per heavy atom. The SMILES string of the molecule is CCOc1ccc(NC(=O)c2sc(NC(=O)COc3ccc(Cl)cc3Cl)c(C(=O)OC)c2C)cc1. The van der Waals surface area contributed by atoms with E-state index >= 15 is 0 Å². The number of thiophene rings is 1. The fourth-order valence-corrected chi connectivity index (χ4v) is 4.62. The van der Waals surface area contributed by atoms with Crippen LogP contribution in [0.1, 0.15) is 32.5 Å². The minimum atomic E-state index is -0.684. The van der Waals surface area contributed by atoms with Gasteiger partial charge < -0.3 is 24.8 Å². The highest BCUT2D eigenvalue weighted by atomic mass is 35.5. The van der Waals surface area contributed by atoms with E-state index in [0.29, 0.717) is 28.6 Å². The lowest BCUT2D eigenvalue weighted by atomic mass is 10.1. The Morgan fingerprint density at radius 2 is 1.71 bits per heavy atom. The van der Waals surface area contributed by atoms with Crippen molar-refractivity contribution < 1.29 is 28.6 Å². The molecule has 0 unspecified atom stereocenters. The smallest absolute Gasteiger partial charge is 0.341 e. The topological polar surface area (TPSA) is 103 Å². The Morgan fingerprint density at radius 3 is 2.34 bits per heavy atom. The molecule has 0 saturated carbocycles. The van der Waals surface area contributed by atoms with Gasteiger partial charge in [0.05, 0.1) is 29.2 Å². The predicted molar refractivity (Wildman–Crippen MR) is 137 cm³/mol. The second-order valence-corrected chi connectivity index (χ2v) is 8.94. The van der Waals surface area contributed by atoms with Crippen LogP contribution in [0.4, 0.5) is 10.7 Å². The van der Waals surface area contributed by atoms with Crippen LogP contribution in [0.25, 0.3) is 0 Å². The Bertz CT molecular complexity index is 1240. The molecule has 3 rings (SSSR count). The van der Waals surface area contributed by atoms with E-state index in [4.69, 9.17) is 37.4 Å². The van der Waals surface area contributed by atoms with E-state index < -0.39 is 17.8 Å². The zero-order valence-electron chi connectivity index (χ0n) is 19.1. The van der Waals surface area contributed by atoms with Crippen molar-refractivity contribution in [3.63, 3.8) is 0 Å². The van der Waals surface area contributed by atoms with Crippen LogP contribution in [0.15, 0.2) is 42.5 Å². The number of carbonyl (C=O) groups excluding carboxylic acids is 3. The van der Waals surface area contributed by atoms with Crippen molar-refractivity contribution in [1.29, 1.82) is 0 Å². The number of ether oxygens (including phenoxy) is 3. The predicted octanol–water partition coefficient (Wildman–Crippen LogP) is 5.82. The van der Waals surface area contributed by atoms with Crippen LogP contribution in [0, 0.1) is 6.92 Å². The van der Waals surface area contributed by atoms with Crippen molar-refractivity contribution in [2.45, 2.75) is 13.8 Å². The molecule has 11 heteroatoms. The summed E-state index contributed by atoms with van der Waals surface area (Å²) in [4.78, 5) is 38.1. The van der Waals surface area contributed by atoms with E-state index in [1.165, 1.54) is 19.2 Å². The molecular formula is C24H22Cl2N2O6S. The van der Waals surface area contributed by atoms with E-state index in [0.717, 1.165) is 11.3 Å². The lowest BCUT2D eigenvalue weighted by Crippen LogP contribution is -2.21. The Kier molecular flexibility index (Phi) is 8.97. The molecule has 2 N–H and O–H groups in total. The van der Waals surface area contributed by atoms with Crippen molar-refractivity contribution in [2.24, 2.45) is 0 Å². The minimum absolute atomic E-state index is 0.0900. The lowest BCUT2D eigenvalue weighted by Gasteiger charge is -2.09. The molecule has 0 radical (unpaired) electrons. The number of hydrogen-bond acceptors (Lipinski definition) is 7. The third-order valence-electron chi connectivity index (χ3n) is 4.67. The van der Waals surface area contributed by atoms with Crippen molar-refractivity contribution in [3.8, 4) is 11.5 Å². The molecule has 2 aromatic carbocycles. The fraction of sp³-hybridized carbons (Fsp3) is 0.208. The Hall–Kier alpha value is -3.27. The summed E-state index contributed by atoms with van der Waals surface area (Å²) in [6, 6.07) is 11.5. The number of halogens is 2. The standard InChI is InChI=1S/C24H22Cl2N2O6S/c1-4-33-16-8-6-15(7-9-16)27-22(30)21-13(2)20(24(31)32-3)23(35-21)28-19(29)12-34-18-10-5-14(25)11-17(18)26/h5-11H,4,12H2,1-3H3,(H,27,30)(H,28,29). The molecule has 3 aromatic rings. The molecule has 0 spiro atoms. The summed E-state index contributed by atoms with van der Waals surface area (Å²) in [5, 5.41) is 6.24. The summed E-state index contributed by atoms with van der Waals surface area (Å²) in [6.45, 7) is 3.63. The van der Waals surface area contributed by atoms with Crippen LogP contribution in [0.2, 0.25) is 10.0 Å². The third kappa shape index (κ3) is 6.66. The highest BCUT2D eigenvalue weighted by Gasteiger charge is 2.26. The summed E-state index contributed by atoms with van der Waals surface area (Å²) in [6.07, 6.45) is 0. The number of nitrogens with one attached hydrogen (secondary N) is 2. The van der Waals surface area contributed by atoms with Crippen LogP contribution < -0.4 is 20.1 Å². The van der Waals surface area contributed by atoms with Gasteiger partial charge in [-0.25, -0.2) is 4.79 Å². The van der Waals surface area contributed by atoms with Gasteiger partial charge >= 0.3 is 5.97 Å². The molecule has 184 valence electrons. The minimum Gasteiger partial charge on any atom is -0.494 e. The Balaban J connectivity index is 1.76. The number of amides is 2. The number of esters is 1. The molecule has 1 aromatic heterocycles. The van der Waals surface area contributed by atoms with Crippen molar-refractivity contribution in [1.82, 2.24) is 0 Å². The molecule has 0 bridgehead atoms. The molecule has 0 saturated heterocycles. The maximum Gasteiger partial charge on any atom is 0.341 e. The quantitative estimate of drug-likeness (QED) is 0.334. The summed E-state index contributed by atoms with van der Waals surface area (Å²) in [7, 11) is 1.22. The Labute approximate surface area is 216 Å². The highest BCUT2D eigenvalue weighted by molar-refractivity contribution is 7.19. The summed E-state index contributed by atoms with van der Waals surface area (Å²) >= 11 is 12.9. The first-order chi connectivity index (χ1) is 16.7. The zero-order chi connectivity index (χ0) is 25.5. The van der Waals surface area contributed by atoms with Gasteiger partial charge in [0.1, 0.15) is 16.5 Å². The first kappa shape index (κ1) is 26.3. The molecule has 0 aliphatic heterocycles. The van der Waals surface area contributed by atoms with E-state index in [9.17, 15) is 14.4 Å². The van der Waals surface area contributed by atoms with Crippen LogP contribution in [-0.2, 0) is 9.53 Å². The number of anilines is 2. The molecule has 8 nitrogen and oxygen atoms in total. The molecule has 1 heterocycles. The number of rotatable bonds is 9. The molecule has 0 aliphatic carbocycles. The number of methoxy groups -OCH3 is 1. The average molecular weight is 537 g/mol. The van der Waals surface area contributed by atoms with Gasteiger partial charge in [0.15, 0.2) is 6.61 Å². The average Bonchev–Trinajstić information content (AvgIpc) is 3.15. The van der Waals surface area contributed by atoms with Gasteiger partial charge in [-0.15, -0.1) is 11.3 Å². The molecule has 2 amide bonds. The molecule has 0 fully saturated rings. The van der Waals surface area contributed by atoms with Gasteiger partial charge in [0.25, 0.3) is 11.8 Å². The second-order valence-electron chi connectivity index (χ2n) is 7.08. The van der Waals surface area contributed by atoms with Crippen LogP contribution in [0.5, 0.6) is 11.5 Å². The molecule has 35 heavy (non-hydrogen) atoms. The van der Waals surface area contributed by atoms with Gasteiger partial charge in [0, 0.05) is 10.7 Å². The number of hydrogen-bond donors (Lipinski definition) is 2. The van der Waals surface area contributed by atoms with Gasteiger partial charge in [-0.3, -0.25) is 9.59 Å². The maximum absolute atomic E-state index is 12.9. The summed E-state index contributed by atoms with van der Waals surface area (Å²) in [5.41, 5.74) is 1.01. The van der Waals surface area contributed by atoms with E-state index in [1.807, 2.05) is 6.92 Å². The fourth-order valence-electron chi connectivity index (χ4n) is 3.05. The van der Waals surface area contributed by atoms with Crippen molar-refractivity contribution >= 4 is 63.0 Å². The van der Waals surface area contributed by atoms with Gasteiger partial charge in [-0.2, -0.15) is 0 Å².